The van der Waals surface area contributed by atoms with Gasteiger partial charge in [0.15, 0.2) is 4.67 Å². The van der Waals surface area contributed by atoms with E-state index in [4.69, 9.17) is 4.42 Å². The van der Waals surface area contributed by atoms with Crippen LogP contribution >= 0.6 is 15.9 Å². The summed E-state index contributed by atoms with van der Waals surface area (Å²) in [6.45, 7) is 2.29. The van der Waals surface area contributed by atoms with Crippen LogP contribution in [0.15, 0.2) is 15.2 Å². The Hall–Kier alpha value is -0.770. The van der Waals surface area contributed by atoms with E-state index in [0.717, 1.165) is 18.5 Å². The SMILES string of the molecule is CC(=O)N1CCc2cc(Br)oc21. The smallest absolute Gasteiger partial charge is 0.226 e. The number of rotatable bonds is 0. The number of furan rings is 1. The maximum atomic E-state index is 11.1. The van der Waals surface area contributed by atoms with Crippen LogP contribution in [0.5, 0.6) is 0 Å². The highest BCUT2D eigenvalue weighted by Crippen LogP contribution is 2.33. The summed E-state index contributed by atoms with van der Waals surface area (Å²) in [5, 5.41) is 0. The molecule has 2 heterocycles. The van der Waals surface area contributed by atoms with E-state index in [-0.39, 0.29) is 5.91 Å². The Morgan fingerprint density at radius 3 is 3.17 bits per heavy atom. The standard InChI is InChI=1S/C8H8BrNO2/c1-5(11)10-3-2-6-4-7(9)12-8(6)10/h4H,2-3H2,1H3. The van der Waals surface area contributed by atoms with E-state index in [1.807, 2.05) is 6.07 Å². The molecule has 0 spiro atoms. The predicted molar refractivity (Wildman–Crippen MR) is 48.1 cm³/mol. The highest BCUT2D eigenvalue weighted by atomic mass is 79.9. The van der Waals surface area contributed by atoms with Gasteiger partial charge in [0.1, 0.15) is 0 Å². The van der Waals surface area contributed by atoms with Crippen molar-refractivity contribution in [1.29, 1.82) is 0 Å². The summed E-state index contributed by atoms with van der Waals surface area (Å²) in [6.07, 6.45) is 0.893. The lowest BCUT2D eigenvalue weighted by Gasteiger charge is -2.10. The van der Waals surface area contributed by atoms with Crippen molar-refractivity contribution in [1.82, 2.24) is 0 Å². The Morgan fingerprint density at radius 2 is 2.50 bits per heavy atom. The molecule has 0 N–H and O–H groups in total. The zero-order valence-electron chi connectivity index (χ0n) is 6.63. The van der Waals surface area contributed by atoms with Crippen LogP contribution in [0.2, 0.25) is 0 Å². The first-order valence-electron chi connectivity index (χ1n) is 3.75. The molecule has 0 fully saturated rings. The molecule has 2 rings (SSSR count). The zero-order valence-corrected chi connectivity index (χ0v) is 8.22. The second-order valence-corrected chi connectivity index (χ2v) is 3.58. The third-order valence-electron chi connectivity index (χ3n) is 1.99. The first kappa shape index (κ1) is 7.86. The van der Waals surface area contributed by atoms with E-state index in [1.165, 1.54) is 0 Å². The van der Waals surface area contributed by atoms with Crippen LogP contribution in [0.3, 0.4) is 0 Å². The minimum absolute atomic E-state index is 0.0376. The van der Waals surface area contributed by atoms with Crippen LogP contribution in [0.1, 0.15) is 12.5 Å². The topological polar surface area (TPSA) is 33.5 Å². The molecule has 12 heavy (non-hydrogen) atoms. The normalized spacial score (nSPS) is 15.0. The number of hydrogen-bond donors (Lipinski definition) is 0. The molecule has 0 bridgehead atoms. The van der Waals surface area contributed by atoms with Gasteiger partial charge in [0.25, 0.3) is 0 Å². The van der Waals surface area contributed by atoms with Gasteiger partial charge in [-0.05, 0) is 28.4 Å². The Balaban J connectivity index is 2.41. The summed E-state index contributed by atoms with van der Waals surface area (Å²) in [5.41, 5.74) is 1.11. The molecule has 3 nitrogen and oxygen atoms in total. The van der Waals surface area contributed by atoms with Crippen molar-refractivity contribution in [3.05, 3.63) is 16.3 Å². The van der Waals surface area contributed by atoms with Gasteiger partial charge in [0.2, 0.25) is 11.8 Å². The highest BCUT2D eigenvalue weighted by molar-refractivity contribution is 9.10. The minimum Gasteiger partial charge on any atom is -0.433 e. The molecule has 4 heteroatoms. The van der Waals surface area contributed by atoms with Crippen molar-refractivity contribution in [2.45, 2.75) is 13.3 Å². The Bertz CT molecular complexity index is 332. The summed E-state index contributed by atoms with van der Waals surface area (Å²) in [7, 11) is 0. The van der Waals surface area contributed by atoms with Gasteiger partial charge in [-0.1, -0.05) is 0 Å². The Kier molecular flexibility index (Phi) is 1.72. The second kappa shape index (κ2) is 2.62. The maximum absolute atomic E-state index is 11.1. The number of carbonyl (C=O) groups excluding carboxylic acids is 1. The third-order valence-corrected chi connectivity index (χ3v) is 2.38. The van der Waals surface area contributed by atoms with Gasteiger partial charge in [-0.2, -0.15) is 0 Å². The minimum atomic E-state index is 0.0376. The van der Waals surface area contributed by atoms with E-state index < -0.39 is 0 Å². The average molecular weight is 230 g/mol. The lowest BCUT2D eigenvalue weighted by Crippen LogP contribution is -2.25. The summed E-state index contributed by atoms with van der Waals surface area (Å²) in [5.74, 6) is 0.741. The van der Waals surface area contributed by atoms with Gasteiger partial charge in [-0.3, -0.25) is 9.69 Å². The summed E-state index contributed by atoms with van der Waals surface area (Å²) in [4.78, 5) is 12.7. The lowest BCUT2D eigenvalue weighted by atomic mass is 10.3. The van der Waals surface area contributed by atoms with E-state index in [1.54, 1.807) is 11.8 Å². The molecule has 1 aromatic rings. The molecule has 0 saturated heterocycles. The molecule has 0 aromatic carbocycles. The molecule has 0 aliphatic carbocycles. The fraction of sp³-hybridized carbons (Fsp3) is 0.375. The molecular formula is C8H8BrNO2. The largest absolute Gasteiger partial charge is 0.433 e. The number of amides is 1. The van der Waals surface area contributed by atoms with E-state index in [0.29, 0.717) is 10.6 Å². The van der Waals surface area contributed by atoms with Crippen molar-refractivity contribution in [3.8, 4) is 0 Å². The molecule has 1 aliphatic rings. The second-order valence-electron chi connectivity index (χ2n) is 2.80. The van der Waals surface area contributed by atoms with Crippen LogP contribution < -0.4 is 4.90 Å². The molecule has 0 radical (unpaired) electrons. The fourth-order valence-corrected chi connectivity index (χ4v) is 1.86. The zero-order chi connectivity index (χ0) is 8.72. The van der Waals surface area contributed by atoms with Gasteiger partial charge < -0.3 is 4.42 Å². The van der Waals surface area contributed by atoms with Gasteiger partial charge in [0, 0.05) is 19.0 Å². The van der Waals surface area contributed by atoms with Gasteiger partial charge in [-0.15, -0.1) is 0 Å². The van der Waals surface area contributed by atoms with Crippen molar-refractivity contribution in [3.63, 3.8) is 0 Å². The maximum Gasteiger partial charge on any atom is 0.226 e. The first-order chi connectivity index (χ1) is 5.68. The Labute approximate surface area is 78.5 Å². The number of nitrogens with zero attached hydrogens (tertiary/aromatic N) is 1. The monoisotopic (exact) mass is 229 g/mol. The quantitative estimate of drug-likeness (QED) is 0.682. The van der Waals surface area contributed by atoms with E-state index in [9.17, 15) is 4.79 Å². The van der Waals surface area contributed by atoms with Crippen LogP contribution in [-0.2, 0) is 11.2 Å². The van der Waals surface area contributed by atoms with Crippen LogP contribution in [0.4, 0.5) is 5.88 Å². The predicted octanol–water partition coefficient (Wildman–Crippen LogP) is 1.95. The summed E-state index contributed by atoms with van der Waals surface area (Å²) < 4.78 is 6.01. The molecule has 0 atom stereocenters. The van der Waals surface area contributed by atoms with Crippen molar-refractivity contribution < 1.29 is 9.21 Å². The first-order valence-corrected chi connectivity index (χ1v) is 4.54. The number of carbonyl (C=O) groups is 1. The van der Waals surface area contributed by atoms with Crippen LogP contribution in [0.25, 0.3) is 0 Å². The van der Waals surface area contributed by atoms with Crippen LogP contribution in [-0.4, -0.2) is 12.5 Å². The number of hydrogen-bond acceptors (Lipinski definition) is 2. The highest BCUT2D eigenvalue weighted by Gasteiger charge is 2.26. The van der Waals surface area contributed by atoms with Crippen molar-refractivity contribution >= 4 is 27.7 Å². The molecule has 0 saturated carbocycles. The van der Waals surface area contributed by atoms with E-state index in [2.05, 4.69) is 15.9 Å². The fourth-order valence-electron chi connectivity index (χ4n) is 1.43. The molecule has 1 aliphatic heterocycles. The molecular weight excluding hydrogens is 222 g/mol. The van der Waals surface area contributed by atoms with E-state index >= 15 is 0 Å². The number of fused-ring (bicyclic) bond motifs is 1. The summed E-state index contributed by atoms with van der Waals surface area (Å²) in [6, 6.07) is 1.91. The molecule has 0 unspecified atom stereocenters. The lowest BCUT2D eigenvalue weighted by molar-refractivity contribution is -0.116. The van der Waals surface area contributed by atoms with Gasteiger partial charge in [0.05, 0.1) is 0 Å². The van der Waals surface area contributed by atoms with Gasteiger partial charge >= 0.3 is 0 Å². The van der Waals surface area contributed by atoms with Crippen molar-refractivity contribution in [2.24, 2.45) is 0 Å². The third kappa shape index (κ3) is 1.06. The van der Waals surface area contributed by atoms with Gasteiger partial charge in [-0.25, -0.2) is 0 Å². The summed E-state index contributed by atoms with van der Waals surface area (Å²) >= 11 is 3.23. The molecule has 1 aromatic heterocycles. The molecule has 64 valence electrons. The Morgan fingerprint density at radius 1 is 1.75 bits per heavy atom. The average Bonchev–Trinajstić information content (AvgIpc) is 2.43. The molecule has 1 amide bonds. The number of anilines is 1. The van der Waals surface area contributed by atoms with Crippen molar-refractivity contribution in [2.75, 3.05) is 11.4 Å². The van der Waals surface area contributed by atoms with Crippen LogP contribution in [0, 0.1) is 0 Å². The number of halogens is 1.